The Bertz CT molecular complexity index is 821. The summed E-state index contributed by atoms with van der Waals surface area (Å²) >= 11 is 5.98. The molecule has 0 saturated heterocycles. The molecule has 23 heavy (non-hydrogen) atoms. The summed E-state index contributed by atoms with van der Waals surface area (Å²) in [7, 11) is 0. The maximum atomic E-state index is 9.15. The smallest absolute Gasteiger partial charge is 0.110 e. The third-order valence-corrected chi connectivity index (χ3v) is 4.51. The Morgan fingerprint density at radius 2 is 1.78 bits per heavy atom. The number of aliphatic hydroxyl groups is 1. The number of imidazole rings is 1. The summed E-state index contributed by atoms with van der Waals surface area (Å²) in [5.74, 6) is 1.02. The summed E-state index contributed by atoms with van der Waals surface area (Å²) in [4.78, 5) is 4.79. The number of nitrogens with zero attached hydrogens (tertiary/aromatic N) is 2. The molecule has 0 atom stereocenters. The maximum Gasteiger partial charge on any atom is 0.110 e. The molecule has 2 aromatic carbocycles. The highest BCUT2D eigenvalue weighted by molar-refractivity contribution is 6.30. The number of hydrogen-bond donors (Lipinski definition) is 1. The maximum absolute atomic E-state index is 9.15. The van der Waals surface area contributed by atoms with Crippen LogP contribution < -0.4 is 0 Å². The van der Waals surface area contributed by atoms with E-state index in [1.807, 2.05) is 24.3 Å². The van der Waals surface area contributed by atoms with Crippen LogP contribution in [-0.4, -0.2) is 21.3 Å². The van der Waals surface area contributed by atoms with Crippen LogP contribution in [0.15, 0.2) is 36.4 Å². The summed E-state index contributed by atoms with van der Waals surface area (Å²) in [6.45, 7) is 5.18. The molecule has 120 valence electrons. The summed E-state index contributed by atoms with van der Waals surface area (Å²) in [6.07, 6.45) is 1.50. The highest BCUT2D eigenvalue weighted by Crippen LogP contribution is 2.23. The van der Waals surface area contributed by atoms with Gasteiger partial charge in [0.2, 0.25) is 0 Å². The van der Waals surface area contributed by atoms with Crippen molar-refractivity contribution in [1.29, 1.82) is 0 Å². The Hall–Kier alpha value is -1.84. The number of aromatic nitrogens is 2. The fraction of sp³-hybridized carbons (Fsp3) is 0.316. The van der Waals surface area contributed by atoms with Gasteiger partial charge in [0.25, 0.3) is 0 Å². The van der Waals surface area contributed by atoms with Crippen molar-refractivity contribution < 1.29 is 5.11 Å². The molecule has 0 radical (unpaired) electrons. The molecule has 3 aromatic rings. The van der Waals surface area contributed by atoms with Gasteiger partial charge in [-0.25, -0.2) is 4.98 Å². The fourth-order valence-corrected chi connectivity index (χ4v) is 2.93. The quantitative estimate of drug-likeness (QED) is 0.759. The van der Waals surface area contributed by atoms with Gasteiger partial charge in [0.05, 0.1) is 11.0 Å². The Morgan fingerprint density at radius 3 is 2.48 bits per heavy atom. The first kappa shape index (κ1) is 16.0. The third-order valence-electron chi connectivity index (χ3n) is 4.26. The monoisotopic (exact) mass is 328 g/mol. The summed E-state index contributed by atoms with van der Waals surface area (Å²) in [5, 5.41) is 9.90. The van der Waals surface area contributed by atoms with Crippen molar-refractivity contribution in [1.82, 2.24) is 9.55 Å². The van der Waals surface area contributed by atoms with Gasteiger partial charge < -0.3 is 9.67 Å². The zero-order valence-corrected chi connectivity index (χ0v) is 14.3. The van der Waals surface area contributed by atoms with E-state index in [1.165, 1.54) is 16.7 Å². The van der Waals surface area contributed by atoms with Gasteiger partial charge in [-0.2, -0.15) is 0 Å². The lowest BCUT2D eigenvalue weighted by Gasteiger charge is -2.10. The molecule has 0 aliphatic carbocycles. The number of hydrogen-bond acceptors (Lipinski definition) is 2. The predicted molar refractivity (Wildman–Crippen MR) is 95.2 cm³/mol. The number of aryl methyl sites for hydroxylation is 3. The topological polar surface area (TPSA) is 38.1 Å². The largest absolute Gasteiger partial charge is 0.396 e. The lowest BCUT2D eigenvalue weighted by atomic mass is 10.1. The molecular weight excluding hydrogens is 308 g/mol. The van der Waals surface area contributed by atoms with Crippen LogP contribution in [0.25, 0.3) is 11.0 Å². The van der Waals surface area contributed by atoms with E-state index in [0.29, 0.717) is 0 Å². The molecule has 1 heterocycles. The minimum absolute atomic E-state index is 0.183. The van der Waals surface area contributed by atoms with E-state index in [1.54, 1.807) is 0 Å². The van der Waals surface area contributed by atoms with Crippen molar-refractivity contribution in [3.05, 3.63) is 63.9 Å². The van der Waals surface area contributed by atoms with E-state index in [2.05, 4.69) is 30.5 Å². The van der Waals surface area contributed by atoms with E-state index in [-0.39, 0.29) is 6.61 Å². The minimum atomic E-state index is 0.183. The molecule has 0 unspecified atom stereocenters. The molecule has 0 aliphatic rings. The number of fused-ring (bicyclic) bond motifs is 1. The van der Waals surface area contributed by atoms with Crippen molar-refractivity contribution in [2.24, 2.45) is 0 Å². The van der Waals surface area contributed by atoms with Crippen LogP contribution in [0.3, 0.4) is 0 Å². The summed E-state index contributed by atoms with van der Waals surface area (Å²) in [6, 6.07) is 12.3. The van der Waals surface area contributed by atoms with Crippen molar-refractivity contribution in [3.8, 4) is 0 Å². The van der Waals surface area contributed by atoms with Crippen LogP contribution >= 0.6 is 11.6 Å². The van der Waals surface area contributed by atoms with Crippen molar-refractivity contribution >= 4 is 22.6 Å². The third kappa shape index (κ3) is 3.41. The highest BCUT2D eigenvalue weighted by atomic mass is 35.5. The van der Waals surface area contributed by atoms with E-state index >= 15 is 0 Å². The Morgan fingerprint density at radius 1 is 1.09 bits per heavy atom. The van der Waals surface area contributed by atoms with Crippen molar-refractivity contribution in [3.63, 3.8) is 0 Å². The molecule has 1 aromatic heterocycles. The van der Waals surface area contributed by atoms with Gasteiger partial charge in [-0.15, -0.1) is 0 Å². The van der Waals surface area contributed by atoms with Crippen LogP contribution in [-0.2, 0) is 13.0 Å². The van der Waals surface area contributed by atoms with Crippen LogP contribution in [0.5, 0.6) is 0 Å². The van der Waals surface area contributed by atoms with Gasteiger partial charge in [-0.05, 0) is 61.2 Å². The molecule has 4 heteroatoms. The number of rotatable bonds is 5. The van der Waals surface area contributed by atoms with Gasteiger partial charge >= 0.3 is 0 Å². The minimum Gasteiger partial charge on any atom is -0.396 e. The lowest BCUT2D eigenvalue weighted by molar-refractivity contribution is 0.287. The Balaban J connectivity index is 2.07. The van der Waals surface area contributed by atoms with Crippen LogP contribution in [0.1, 0.15) is 28.9 Å². The molecule has 0 fully saturated rings. The van der Waals surface area contributed by atoms with Gasteiger partial charge in [-0.3, -0.25) is 0 Å². The predicted octanol–water partition coefficient (Wildman–Crippen LogP) is 4.28. The summed E-state index contributed by atoms with van der Waals surface area (Å²) < 4.78 is 2.25. The zero-order chi connectivity index (χ0) is 16.4. The SMILES string of the molecule is Cc1cc2nc(CCCO)n(Cc3ccc(Cl)cc3)c2cc1C. The van der Waals surface area contributed by atoms with Crippen LogP contribution in [0, 0.1) is 13.8 Å². The highest BCUT2D eigenvalue weighted by Gasteiger charge is 2.12. The zero-order valence-electron chi connectivity index (χ0n) is 13.5. The second-order valence-electron chi connectivity index (χ2n) is 5.99. The molecular formula is C19H21ClN2O. The van der Waals surface area contributed by atoms with Gasteiger partial charge in [0, 0.05) is 24.6 Å². The normalized spacial score (nSPS) is 11.3. The molecule has 0 aliphatic heterocycles. The second kappa shape index (κ2) is 6.73. The molecule has 3 nitrogen and oxygen atoms in total. The molecule has 0 amide bonds. The van der Waals surface area contributed by atoms with Crippen molar-refractivity contribution in [2.75, 3.05) is 6.61 Å². The average Bonchev–Trinajstić information content (AvgIpc) is 2.85. The molecule has 3 rings (SSSR count). The first-order chi connectivity index (χ1) is 11.1. The molecule has 1 N–H and O–H groups in total. The fourth-order valence-electron chi connectivity index (χ4n) is 2.81. The van der Waals surface area contributed by atoms with E-state index < -0.39 is 0 Å². The molecule has 0 spiro atoms. The number of aliphatic hydroxyl groups excluding tert-OH is 1. The Kier molecular flexibility index (Phi) is 4.69. The van der Waals surface area contributed by atoms with E-state index in [9.17, 15) is 0 Å². The average molecular weight is 329 g/mol. The number of halogens is 1. The van der Waals surface area contributed by atoms with Gasteiger partial charge in [0.1, 0.15) is 5.82 Å². The van der Waals surface area contributed by atoms with E-state index in [0.717, 1.165) is 41.3 Å². The molecule has 0 bridgehead atoms. The van der Waals surface area contributed by atoms with E-state index in [4.69, 9.17) is 21.7 Å². The van der Waals surface area contributed by atoms with Gasteiger partial charge in [-0.1, -0.05) is 23.7 Å². The van der Waals surface area contributed by atoms with Crippen LogP contribution in [0.4, 0.5) is 0 Å². The Labute approximate surface area is 141 Å². The van der Waals surface area contributed by atoms with Crippen LogP contribution in [0.2, 0.25) is 5.02 Å². The van der Waals surface area contributed by atoms with Crippen molar-refractivity contribution in [2.45, 2.75) is 33.2 Å². The standard InChI is InChI=1S/C19H21ClN2O/c1-13-10-17-18(11-14(13)2)22(19(21-17)4-3-9-23)12-15-5-7-16(20)8-6-15/h5-8,10-11,23H,3-4,9,12H2,1-2H3. The molecule has 0 saturated carbocycles. The lowest BCUT2D eigenvalue weighted by Crippen LogP contribution is -2.06. The van der Waals surface area contributed by atoms with Gasteiger partial charge in [0.15, 0.2) is 0 Å². The number of benzene rings is 2. The summed E-state index contributed by atoms with van der Waals surface area (Å²) in [5.41, 5.74) is 5.88. The first-order valence-corrected chi connectivity index (χ1v) is 8.28. The second-order valence-corrected chi connectivity index (χ2v) is 6.43. The first-order valence-electron chi connectivity index (χ1n) is 7.90.